The van der Waals surface area contributed by atoms with Crippen LogP contribution in [0.25, 0.3) is 0 Å². The van der Waals surface area contributed by atoms with Crippen molar-refractivity contribution in [3.63, 3.8) is 0 Å². The smallest absolute Gasteiger partial charge is 0.305 e. The van der Waals surface area contributed by atoms with Crippen LogP contribution in [0.4, 0.5) is 0 Å². The fourth-order valence-corrected chi connectivity index (χ4v) is 3.67. The molecule has 6 heteroatoms. The van der Waals surface area contributed by atoms with E-state index in [1.807, 2.05) is 4.68 Å². The molecule has 0 aliphatic heterocycles. The van der Waals surface area contributed by atoms with Crippen molar-refractivity contribution in [3.05, 3.63) is 5.82 Å². The Morgan fingerprint density at radius 1 is 1.45 bits per heavy atom. The Kier molecular flexibility index (Phi) is 3.48. The lowest BCUT2D eigenvalue weighted by Crippen LogP contribution is -2.30. The third-order valence-corrected chi connectivity index (χ3v) is 5.07. The average molecular weight is 278 g/mol. The maximum atomic E-state index is 11.1. The highest BCUT2D eigenvalue weighted by Crippen LogP contribution is 2.46. The van der Waals surface area contributed by atoms with E-state index in [0.29, 0.717) is 5.92 Å². The van der Waals surface area contributed by atoms with Crippen LogP contribution in [0.15, 0.2) is 0 Å². The summed E-state index contributed by atoms with van der Waals surface area (Å²) in [5, 5.41) is 21.5. The van der Waals surface area contributed by atoms with Crippen LogP contribution in [0.1, 0.15) is 70.2 Å². The van der Waals surface area contributed by atoms with E-state index in [4.69, 9.17) is 5.11 Å². The highest BCUT2D eigenvalue weighted by molar-refractivity contribution is 5.67. The standard InChI is InChI=1S/C14H22N4O2/c1-2-14(7-3-4-8-14)13-15-16-17-18(13)11(9-12(19)20)10-5-6-10/h10-11H,2-9H2,1H3,(H,19,20). The van der Waals surface area contributed by atoms with Gasteiger partial charge in [-0.25, -0.2) is 4.68 Å². The molecule has 1 aromatic rings. The zero-order valence-corrected chi connectivity index (χ0v) is 12.0. The molecule has 0 aromatic carbocycles. The Balaban J connectivity index is 1.93. The summed E-state index contributed by atoms with van der Waals surface area (Å²) in [7, 11) is 0. The summed E-state index contributed by atoms with van der Waals surface area (Å²) in [6.45, 7) is 2.19. The molecular formula is C14H22N4O2. The summed E-state index contributed by atoms with van der Waals surface area (Å²) in [6.07, 6.45) is 8.01. The second-order valence-electron chi connectivity index (χ2n) is 6.29. The molecule has 0 amide bonds. The third kappa shape index (κ3) is 2.31. The highest BCUT2D eigenvalue weighted by atomic mass is 16.4. The number of nitrogens with zero attached hydrogens (tertiary/aromatic N) is 4. The average Bonchev–Trinajstić information content (AvgIpc) is 2.96. The fourth-order valence-electron chi connectivity index (χ4n) is 3.67. The van der Waals surface area contributed by atoms with Gasteiger partial charge in [0.2, 0.25) is 0 Å². The fraction of sp³-hybridized carbons (Fsp3) is 0.857. The van der Waals surface area contributed by atoms with Gasteiger partial charge in [0.15, 0.2) is 5.82 Å². The molecule has 1 atom stereocenters. The number of hydrogen-bond donors (Lipinski definition) is 1. The van der Waals surface area contributed by atoms with Crippen molar-refractivity contribution in [2.45, 2.75) is 69.7 Å². The normalized spacial score (nSPS) is 22.9. The molecule has 0 bridgehead atoms. The van der Waals surface area contributed by atoms with Gasteiger partial charge in [0.1, 0.15) is 0 Å². The Morgan fingerprint density at radius 2 is 2.15 bits per heavy atom. The second kappa shape index (κ2) is 5.14. The Hall–Kier alpha value is -1.46. The van der Waals surface area contributed by atoms with Crippen molar-refractivity contribution in [3.8, 4) is 0 Å². The topological polar surface area (TPSA) is 80.9 Å². The zero-order valence-electron chi connectivity index (χ0n) is 12.0. The minimum absolute atomic E-state index is 0.0646. The van der Waals surface area contributed by atoms with E-state index in [0.717, 1.165) is 37.9 Å². The van der Waals surface area contributed by atoms with Crippen molar-refractivity contribution in [2.24, 2.45) is 5.92 Å². The molecule has 2 fully saturated rings. The molecule has 2 saturated carbocycles. The molecule has 1 heterocycles. The lowest BCUT2D eigenvalue weighted by atomic mass is 9.82. The zero-order chi connectivity index (χ0) is 14.2. The summed E-state index contributed by atoms with van der Waals surface area (Å²) in [5.74, 6) is 0.597. The minimum atomic E-state index is -0.764. The molecule has 110 valence electrons. The van der Waals surface area contributed by atoms with Crippen molar-refractivity contribution in [1.82, 2.24) is 20.2 Å². The van der Waals surface area contributed by atoms with Gasteiger partial charge < -0.3 is 5.11 Å². The molecule has 3 rings (SSSR count). The highest BCUT2D eigenvalue weighted by Gasteiger charge is 2.43. The van der Waals surface area contributed by atoms with Crippen LogP contribution >= 0.6 is 0 Å². The van der Waals surface area contributed by atoms with Gasteiger partial charge in [0.05, 0.1) is 12.5 Å². The largest absolute Gasteiger partial charge is 0.481 e. The number of carboxylic acids is 1. The molecule has 0 saturated heterocycles. The van der Waals surface area contributed by atoms with Gasteiger partial charge in [-0.1, -0.05) is 19.8 Å². The maximum Gasteiger partial charge on any atom is 0.305 e. The van der Waals surface area contributed by atoms with Crippen LogP contribution in [0.5, 0.6) is 0 Å². The number of carbonyl (C=O) groups is 1. The Labute approximate surface area is 118 Å². The van der Waals surface area contributed by atoms with Crippen LogP contribution < -0.4 is 0 Å². The van der Waals surface area contributed by atoms with Crippen LogP contribution in [-0.2, 0) is 10.2 Å². The van der Waals surface area contributed by atoms with Crippen molar-refractivity contribution < 1.29 is 9.90 Å². The molecule has 0 spiro atoms. The number of carboxylic acid groups (broad SMARTS) is 1. The van der Waals surface area contributed by atoms with Crippen molar-refractivity contribution >= 4 is 5.97 Å². The monoisotopic (exact) mass is 278 g/mol. The van der Waals surface area contributed by atoms with E-state index in [-0.39, 0.29) is 17.9 Å². The van der Waals surface area contributed by atoms with Gasteiger partial charge in [0, 0.05) is 5.41 Å². The predicted molar refractivity (Wildman–Crippen MR) is 72.3 cm³/mol. The van der Waals surface area contributed by atoms with Crippen LogP contribution in [0.3, 0.4) is 0 Å². The van der Waals surface area contributed by atoms with Crippen LogP contribution in [0, 0.1) is 5.92 Å². The minimum Gasteiger partial charge on any atom is -0.481 e. The predicted octanol–water partition coefficient (Wildman–Crippen LogP) is 2.32. The number of aliphatic carboxylic acids is 1. The van der Waals surface area contributed by atoms with Gasteiger partial charge in [0.25, 0.3) is 0 Å². The van der Waals surface area contributed by atoms with E-state index in [1.165, 1.54) is 12.8 Å². The van der Waals surface area contributed by atoms with E-state index >= 15 is 0 Å². The summed E-state index contributed by atoms with van der Waals surface area (Å²) >= 11 is 0. The summed E-state index contributed by atoms with van der Waals surface area (Å²) < 4.78 is 1.85. The molecule has 2 aliphatic carbocycles. The quantitative estimate of drug-likeness (QED) is 0.863. The molecule has 1 N–H and O–H groups in total. The van der Waals surface area contributed by atoms with Gasteiger partial charge >= 0.3 is 5.97 Å². The lowest BCUT2D eigenvalue weighted by molar-refractivity contribution is -0.138. The summed E-state index contributed by atoms with van der Waals surface area (Å²) in [4.78, 5) is 11.1. The van der Waals surface area contributed by atoms with Gasteiger partial charge in [-0.15, -0.1) is 5.10 Å². The summed E-state index contributed by atoms with van der Waals surface area (Å²) in [5.41, 5.74) is 0.0646. The third-order valence-electron chi connectivity index (χ3n) is 5.07. The van der Waals surface area contributed by atoms with E-state index in [2.05, 4.69) is 22.4 Å². The van der Waals surface area contributed by atoms with Crippen molar-refractivity contribution in [1.29, 1.82) is 0 Å². The molecule has 1 unspecified atom stereocenters. The molecule has 0 radical (unpaired) electrons. The first-order chi connectivity index (χ1) is 9.66. The molecule has 6 nitrogen and oxygen atoms in total. The van der Waals surface area contributed by atoms with E-state index in [1.54, 1.807) is 0 Å². The van der Waals surface area contributed by atoms with Crippen LogP contribution in [-0.4, -0.2) is 31.3 Å². The molecular weight excluding hydrogens is 256 g/mol. The first-order valence-corrected chi connectivity index (χ1v) is 7.66. The molecule has 2 aliphatic rings. The van der Waals surface area contributed by atoms with Crippen molar-refractivity contribution in [2.75, 3.05) is 0 Å². The van der Waals surface area contributed by atoms with E-state index < -0.39 is 5.97 Å². The molecule has 20 heavy (non-hydrogen) atoms. The number of aromatic nitrogens is 4. The maximum absolute atomic E-state index is 11.1. The Bertz CT molecular complexity index is 489. The molecule has 1 aromatic heterocycles. The first kappa shape index (κ1) is 13.5. The van der Waals surface area contributed by atoms with Gasteiger partial charge in [-0.3, -0.25) is 4.79 Å². The number of hydrogen-bond acceptors (Lipinski definition) is 4. The lowest BCUT2D eigenvalue weighted by Gasteiger charge is -2.28. The first-order valence-electron chi connectivity index (χ1n) is 7.66. The van der Waals surface area contributed by atoms with Gasteiger partial charge in [-0.05, 0) is 48.4 Å². The number of tetrazole rings is 1. The van der Waals surface area contributed by atoms with Gasteiger partial charge in [-0.2, -0.15) is 0 Å². The Morgan fingerprint density at radius 3 is 2.70 bits per heavy atom. The van der Waals surface area contributed by atoms with Crippen LogP contribution in [0.2, 0.25) is 0 Å². The van der Waals surface area contributed by atoms with E-state index in [9.17, 15) is 4.79 Å². The second-order valence-corrected chi connectivity index (χ2v) is 6.29. The SMILES string of the molecule is CCC1(c2nnnn2C(CC(=O)O)C2CC2)CCCC1. The number of rotatable bonds is 6. The summed E-state index contributed by atoms with van der Waals surface area (Å²) in [6, 6.07) is -0.0680.